The maximum absolute atomic E-state index is 6.05. The van der Waals surface area contributed by atoms with E-state index in [0.717, 1.165) is 49.0 Å². The Morgan fingerprint density at radius 3 is 2.93 bits per heavy atom. The summed E-state index contributed by atoms with van der Waals surface area (Å²) in [6.45, 7) is 2.76. The van der Waals surface area contributed by atoms with Crippen LogP contribution in [0.1, 0.15) is 32.1 Å². The van der Waals surface area contributed by atoms with Gasteiger partial charge in [-0.25, -0.2) is 0 Å². The highest BCUT2D eigenvalue weighted by Gasteiger charge is 2.46. The van der Waals surface area contributed by atoms with Crippen LogP contribution >= 0.6 is 23.5 Å². The summed E-state index contributed by atoms with van der Waals surface area (Å²) in [5.41, 5.74) is 5.12. The second-order valence-corrected chi connectivity index (χ2v) is 11.9. The van der Waals surface area contributed by atoms with E-state index in [4.69, 9.17) is 4.74 Å². The summed E-state index contributed by atoms with van der Waals surface area (Å²) < 4.78 is 6.05. The van der Waals surface area contributed by atoms with Crippen LogP contribution in [-0.4, -0.2) is 49.8 Å². The van der Waals surface area contributed by atoms with Crippen LogP contribution in [0.15, 0.2) is 57.4 Å². The molecule has 2 nitrogen and oxygen atoms in total. The molecule has 0 N–H and O–H groups in total. The van der Waals surface area contributed by atoms with Crippen LogP contribution in [0.4, 0.5) is 0 Å². The number of hydrogen-bond donors (Lipinski definition) is 0. The molecule has 0 aromatic heterocycles. The number of nitrogens with zero attached hydrogens (tertiary/aromatic N) is 1. The van der Waals surface area contributed by atoms with E-state index < -0.39 is 0 Å². The third-order valence-corrected chi connectivity index (χ3v) is 9.89. The number of rotatable bonds is 6. The SMILES string of the molecule is CN(C)CCCOCC1=CC2C(=CC=C3C2CC2=CC=CSC2C2CCCC32)CS1. The van der Waals surface area contributed by atoms with Crippen LogP contribution in [0, 0.1) is 23.7 Å². The highest BCUT2D eigenvalue weighted by atomic mass is 32.2. The summed E-state index contributed by atoms with van der Waals surface area (Å²) in [5.74, 6) is 4.05. The summed E-state index contributed by atoms with van der Waals surface area (Å²) in [6, 6.07) is 0. The third kappa shape index (κ3) is 4.30. The molecular formula is C26H35NOS2. The minimum absolute atomic E-state index is 0.587. The lowest BCUT2D eigenvalue weighted by Crippen LogP contribution is -2.27. The molecule has 162 valence electrons. The molecule has 5 aliphatic rings. The van der Waals surface area contributed by atoms with Gasteiger partial charge in [-0.3, -0.25) is 0 Å². The summed E-state index contributed by atoms with van der Waals surface area (Å²) in [6.07, 6.45) is 18.9. The van der Waals surface area contributed by atoms with E-state index in [1.54, 1.807) is 16.7 Å². The third-order valence-electron chi connectivity index (χ3n) is 7.53. The van der Waals surface area contributed by atoms with Crippen LogP contribution in [0.25, 0.3) is 0 Å². The van der Waals surface area contributed by atoms with E-state index in [1.807, 2.05) is 11.8 Å². The zero-order valence-electron chi connectivity index (χ0n) is 18.4. The monoisotopic (exact) mass is 441 g/mol. The van der Waals surface area contributed by atoms with Gasteiger partial charge in [-0.15, -0.1) is 23.5 Å². The van der Waals surface area contributed by atoms with E-state index in [1.165, 1.54) is 30.6 Å². The highest BCUT2D eigenvalue weighted by molar-refractivity contribution is 8.03. The standard InChI is InChI=1S/C26H35NOS2/c1-27(2)11-5-12-28-16-20-15-24-19(17-30-20)9-10-22-21-7-3-8-23(21)26-18(14-25(22)24)6-4-13-29-26/h4,6,9-10,13,15,21,23-26H,3,5,7-8,11-12,14,16-17H2,1-2H3. The van der Waals surface area contributed by atoms with Crippen molar-refractivity contribution >= 4 is 23.5 Å². The quantitative estimate of drug-likeness (QED) is 0.464. The maximum atomic E-state index is 6.05. The molecular weight excluding hydrogens is 406 g/mol. The Bertz CT molecular complexity index is 806. The molecule has 2 fully saturated rings. The minimum Gasteiger partial charge on any atom is -0.376 e. The van der Waals surface area contributed by atoms with Gasteiger partial charge in [0.15, 0.2) is 0 Å². The summed E-state index contributed by atoms with van der Waals surface area (Å²) in [5, 5.41) is 3.05. The van der Waals surface area contributed by atoms with Crippen molar-refractivity contribution in [3.63, 3.8) is 0 Å². The lowest BCUT2D eigenvalue weighted by molar-refractivity contribution is 0.149. The number of ether oxygens (including phenoxy) is 1. The molecule has 0 aromatic rings. The van der Waals surface area contributed by atoms with Crippen LogP contribution in [0.3, 0.4) is 0 Å². The predicted octanol–water partition coefficient (Wildman–Crippen LogP) is 6.06. The van der Waals surface area contributed by atoms with E-state index in [9.17, 15) is 0 Å². The fourth-order valence-corrected chi connectivity index (χ4v) is 8.40. The van der Waals surface area contributed by atoms with Gasteiger partial charge in [-0.05, 0) is 69.5 Å². The second kappa shape index (κ2) is 9.44. The Kier molecular flexibility index (Phi) is 6.66. The normalized spacial score (nSPS) is 34.7. The topological polar surface area (TPSA) is 12.5 Å². The Hall–Kier alpha value is -0.680. The van der Waals surface area contributed by atoms with Gasteiger partial charge < -0.3 is 9.64 Å². The van der Waals surface area contributed by atoms with E-state index in [-0.39, 0.29) is 0 Å². The van der Waals surface area contributed by atoms with Crippen molar-refractivity contribution in [1.29, 1.82) is 0 Å². The zero-order valence-corrected chi connectivity index (χ0v) is 20.0. The molecule has 5 atom stereocenters. The maximum Gasteiger partial charge on any atom is 0.0772 e. The fourth-order valence-electron chi connectivity index (χ4n) is 6.14. The van der Waals surface area contributed by atoms with Gasteiger partial charge in [0.25, 0.3) is 0 Å². The fraction of sp³-hybridized carbons (Fsp3) is 0.615. The molecule has 2 aliphatic heterocycles. The lowest BCUT2D eigenvalue weighted by atomic mass is 9.71. The lowest BCUT2D eigenvalue weighted by Gasteiger charge is -2.37. The highest BCUT2D eigenvalue weighted by Crippen LogP contribution is 2.56. The molecule has 0 amide bonds. The van der Waals surface area contributed by atoms with Crippen molar-refractivity contribution < 1.29 is 4.74 Å². The molecule has 0 aromatic carbocycles. The molecule has 0 spiro atoms. The van der Waals surface area contributed by atoms with Crippen LogP contribution in [-0.2, 0) is 4.74 Å². The van der Waals surface area contributed by atoms with Crippen molar-refractivity contribution in [1.82, 2.24) is 4.90 Å². The number of allylic oxidation sites excluding steroid dienone is 6. The number of fused-ring (bicyclic) bond motifs is 7. The van der Waals surface area contributed by atoms with Crippen LogP contribution in [0.5, 0.6) is 0 Å². The molecule has 5 unspecified atom stereocenters. The van der Waals surface area contributed by atoms with Gasteiger partial charge in [-0.2, -0.15) is 0 Å². The Morgan fingerprint density at radius 1 is 1.10 bits per heavy atom. The molecule has 4 heteroatoms. The van der Waals surface area contributed by atoms with Gasteiger partial charge in [0.2, 0.25) is 0 Å². The average Bonchev–Trinajstić information content (AvgIpc) is 3.18. The van der Waals surface area contributed by atoms with Crippen molar-refractivity contribution in [2.24, 2.45) is 23.7 Å². The van der Waals surface area contributed by atoms with Gasteiger partial charge in [-0.1, -0.05) is 53.5 Å². The first-order valence-electron chi connectivity index (χ1n) is 11.7. The average molecular weight is 442 g/mol. The van der Waals surface area contributed by atoms with Crippen LogP contribution < -0.4 is 0 Å². The second-order valence-electron chi connectivity index (χ2n) is 9.70. The van der Waals surface area contributed by atoms with Crippen molar-refractivity contribution in [3.05, 3.63) is 57.4 Å². The molecule has 3 aliphatic carbocycles. The number of thioether (sulfide) groups is 2. The summed E-state index contributed by atoms with van der Waals surface area (Å²) in [4.78, 5) is 3.69. The first-order valence-corrected chi connectivity index (χ1v) is 13.6. The van der Waals surface area contributed by atoms with Gasteiger partial charge >= 0.3 is 0 Å². The Morgan fingerprint density at radius 2 is 2.03 bits per heavy atom. The Balaban J connectivity index is 1.34. The summed E-state index contributed by atoms with van der Waals surface area (Å²) >= 11 is 4.09. The Labute approximate surface area is 191 Å². The van der Waals surface area contributed by atoms with Crippen molar-refractivity contribution in [2.75, 3.05) is 39.6 Å². The van der Waals surface area contributed by atoms with E-state index >= 15 is 0 Å². The predicted molar refractivity (Wildman–Crippen MR) is 132 cm³/mol. The molecule has 2 saturated carbocycles. The first-order chi connectivity index (χ1) is 14.7. The minimum atomic E-state index is 0.587. The van der Waals surface area contributed by atoms with Crippen LogP contribution in [0.2, 0.25) is 0 Å². The summed E-state index contributed by atoms with van der Waals surface area (Å²) in [7, 11) is 4.26. The molecule has 5 rings (SSSR count). The molecule has 30 heavy (non-hydrogen) atoms. The molecule has 0 radical (unpaired) electrons. The van der Waals surface area contributed by atoms with Crippen molar-refractivity contribution in [3.8, 4) is 0 Å². The van der Waals surface area contributed by atoms with E-state index in [0.29, 0.717) is 11.8 Å². The van der Waals surface area contributed by atoms with Gasteiger partial charge in [0.1, 0.15) is 0 Å². The largest absolute Gasteiger partial charge is 0.376 e. The van der Waals surface area contributed by atoms with E-state index in [2.05, 4.69) is 66.5 Å². The van der Waals surface area contributed by atoms with Gasteiger partial charge in [0.05, 0.1) is 6.61 Å². The molecule has 2 heterocycles. The molecule has 0 bridgehead atoms. The first kappa shape index (κ1) is 21.2. The zero-order chi connectivity index (χ0) is 20.5. The molecule has 0 saturated heterocycles. The number of hydrogen-bond acceptors (Lipinski definition) is 4. The smallest absolute Gasteiger partial charge is 0.0772 e. The van der Waals surface area contributed by atoms with Gasteiger partial charge in [0, 0.05) is 28.4 Å². The van der Waals surface area contributed by atoms with Crippen molar-refractivity contribution in [2.45, 2.75) is 37.4 Å².